The lowest BCUT2D eigenvalue weighted by atomic mass is 9.98. The fourth-order valence-corrected chi connectivity index (χ4v) is 4.62. The van der Waals surface area contributed by atoms with Crippen LogP contribution in [0.1, 0.15) is 28.3 Å². The minimum atomic E-state index is -1.18. The van der Waals surface area contributed by atoms with Crippen LogP contribution in [-0.2, 0) is 16.0 Å². The number of aryl methyl sites for hydroxylation is 1. The number of aliphatic carboxylic acids is 1. The van der Waals surface area contributed by atoms with Crippen LogP contribution in [0.3, 0.4) is 0 Å². The molecule has 1 amide bonds. The van der Waals surface area contributed by atoms with Gasteiger partial charge in [-0.1, -0.05) is 78.9 Å². The normalized spacial score (nSPS) is 12.9. The van der Waals surface area contributed by atoms with Gasteiger partial charge in [-0.15, -0.1) is 0 Å². The van der Waals surface area contributed by atoms with E-state index in [0.29, 0.717) is 17.1 Å². The topological polar surface area (TPSA) is 101 Å². The molecule has 4 aromatic rings. The molecule has 0 saturated heterocycles. The van der Waals surface area contributed by atoms with Gasteiger partial charge in [0, 0.05) is 29.8 Å². The number of carbonyl (C=O) groups is 2. The standard InChI is InChI=1S/C29H25N3O4/c1-18-20(16-30-27(31-18)19-9-3-2-4-10-19)15-26(28(33)34)32-29(35)36-17-25-23-13-7-5-11-21(23)22-12-6-8-14-24(22)25/h2-14,16,25-26H,15,17H2,1H3,(H,32,35)(H,33,34). The average Bonchev–Trinajstić information content (AvgIpc) is 3.22. The second-order valence-electron chi connectivity index (χ2n) is 8.74. The summed E-state index contributed by atoms with van der Waals surface area (Å²) in [4.78, 5) is 33.4. The third kappa shape index (κ3) is 4.68. The Bertz CT molecular complexity index is 1380. The molecule has 5 rings (SSSR count). The molecule has 0 aliphatic heterocycles. The van der Waals surface area contributed by atoms with Gasteiger partial charge in [0.05, 0.1) is 0 Å². The molecule has 1 heterocycles. The van der Waals surface area contributed by atoms with E-state index in [2.05, 4.69) is 27.4 Å². The lowest BCUT2D eigenvalue weighted by molar-refractivity contribution is -0.139. The molecule has 1 unspecified atom stereocenters. The van der Waals surface area contributed by atoms with E-state index in [1.807, 2.05) is 66.7 Å². The molecule has 0 saturated carbocycles. The molecule has 7 heteroatoms. The van der Waals surface area contributed by atoms with E-state index < -0.39 is 18.1 Å². The molecule has 2 N–H and O–H groups in total. The van der Waals surface area contributed by atoms with Crippen LogP contribution < -0.4 is 5.32 Å². The number of ether oxygens (including phenoxy) is 1. The van der Waals surface area contributed by atoms with E-state index in [-0.39, 0.29) is 18.9 Å². The van der Waals surface area contributed by atoms with E-state index in [1.165, 1.54) is 0 Å². The number of hydrogen-bond acceptors (Lipinski definition) is 5. The van der Waals surface area contributed by atoms with Crippen molar-refractivity contribution in [1.82, 2.24) is 15.3 Å². The summed E-state index contributed by atoms with van der Waals surface area (Å²) in [5, 5.41) is 12.2. The van der Waals surface area contributed by atoms with Gasteiger partial charge in [0.2, 0.25) is 0 Å². The molecule has 3 aromatic carbocycles. The smallest absolute Gasteiger partial charge is 0.407 e. The van der Waals surface area contributed by atoms with Gasteiger partial charge >= 0.3 is 12.1 Å². The van der Waals surface area contributed by atoms with Crippen LogP contribution in [0.4, 0.5) is 4.79 Å². The van der Waals surface area contributed by atoms with E-state index in [1.54, 1.807) is 13.1 Å². The van der Waals surface area contributed by atoms with Crippen LogP contribution in [0.5, 0.6) is 0 Å². The van der Waals surface area contributed by atoms with Crippen molar-refractivity contribution in [2.24, 2.45) is 0 Å². The van der Waals surface area contributed by atoms with Gasteiger partial charge in [0.15, 0.2) is 5.82 Å². The Morgan fingerprint density at radius 1 is 0.944 bits per heavy atom. The van der Waals surface area contributed by atoms with Gasteiger partial charge in [0.25, 0.3) is 0 Å². The zero-order valence-corrected chi connectivity index (χ0v) is 19.7. The highest BCUT2D eigenvalue weighted by Gasteiger charge is 2.30. The van der Waals surface area contributed by atoms with Crippen LogP contribution in [0.25, 0.3) is 22.5 Å². The monoisotopic (exact) mass is 479 g/mol. The van der Waals surface area contributed by atoms with Crippen molar-refractivity contribution in [2.75, 3.05) is 6.61 Å². The second-order valence-corrected chi connectivity index (χ2v) is 8.74. The quantitative estimate of drug-likeness (QED) is 0.387. The highest BCUT2D eigenvalue weighted by atomic mass is 16.5. The van der Waals surface area contributed by atoms with Gasteiger partial charge in [0.1, 0.15) is 12.6 Å². The van der Waals surface area contributed by atoms with E-state index in [0.717, 1.165) is 27.8 Å². The molecule has 180 valence electrons. The van der Waals surface area contributed by atoms with Gasteiger partial charge in [-0.25, -0.2) is 19.6 Å². The summed E-state index contributed by atoms with van der Waals surface area (Å²) in [5.74, 6) is -0.698. The Hall–Kier alpha value is -4.52. The molecule has 0 radical (unpaired) electrons. The van der Waals surface area contributed by atoms with Crippen molar-refractivity contribution >= 4 is 12.1 Å². The van der Waals surface area contributed by atoms with Crippen molar-refractivity contribution in [3.8, 4) is 22.5 Å². The summed E-state index contributed by atoms with van der Waals surface area (Å²) in [6.07, 6.45) is 0.879. The molecular formula is C29H25N3O4. The number of rotatable bonds is 7. The molecular weight excluding hydrogens is 454 g/mol. The van der Waals surface area contributed by atoms with Gasteiger partial charge in [-0.05, 0) is 34.7 Å². The first-order valence-electron chi connectivity index (χ1n) is 11.7. The minimum Gasteiger partial charge on any atom is -0.480 e. The van der Waals surface area contributed by atoms with Crippen molar-refractivity contribution < 1.29 is 19.4 Å². The zero-order chi connectivity index (χ0) is 25.1. The number of alkyl carbamates (subject to hydrolysis) is 1. The third-order valence-electron chi connectivity index (χ3n) is 6.47. The second kappa shape index (κ2) is 10.00. The van der Waals surface area contributed by atoms with Crippen molar-refractivity contribution in [1.29, 1.82) is 0 Å². The van der Waals surface area contributed by atoms with Crippen LogP contribution in [0.15, 0.2) is 85.1 Å². The number of nitrogens with one attached hydrogen (secondary N) is 1. The van der Waals surface area contributed by atoms with E-state index in [9.17, 15) is 14.7 Å². The largest absolute Gasteiger partial charge is 0.480 e. The highest BCUT2D eigenvalue weighted by Crippen LogP contribution is 2.44. The number of aromatic nitrogens is 2. The number of carboxylic acids is 1. The van der Waals surface area contributed by atoms with Gasteiger partial charge in [-0.2, -0.15) is 0 Å². The van der Waals surface area contributed by atoms with E-state index >= 15 is 0 Å². The first kappa shape index (κ1) is 23.2. The van der Waals surface area contributed by atoms with Gasteiger partial charge in [-0.3, -0.25) is 0 Å². The summed E-state index contributed by atoms with van der Waals surface area (Å²) in [6.45, 7) is 1.91. The van der Waals surface area contributed by atoms with Crippen molar-refractivity contribution in [3.63, 3.8) is 0 Å². The lowest BCUT2D eigenvalue weighted by Crippen LogP contribution is -2.43. The predicted molar refractivity (Wildman–Crippen MR) is 136 cm³/mol. The third-order valence-corrected chi connectivity index (χ3v) is 6.47. The van der Waals surface area contributed by atoms with Crippen LogP contribution in [0, 0.1) is 6.92 Å². The van der Waals surface area contributed by atoms with Crippen LogP contribution in [-0.4, -0.2) is 39.8 Å². The molecule has 7 nitrogen and oxygen atoms in total. The molecule has 0 spiro atoms. The fraction of sp³-hybridized carbons (Fsp3) is 0.172. The first-order chi connectivity index (χ1) is 17.5. The Morgan fingerprint density at radius 3 is 2.17 bits per heavy atom. The Labute approximate surface area is 208 Å². The maximum atomic E-state index is 12.6. The molecule has 0 fully saturated rings. The number of carbonyl (C=O) groups excluding carboxylic acids is 1. The lowest BCUT2D eigenvalue weighted by Gasteiger charge is -2.18. The Balaban J connectivity index is 1.25. The SMILES string of the molecule is Cc1nc(-c2ccccc2)ncc1CC(NC(=O)OCC1c2ccccc2-c2ccccc21)C(=O)O. The summed E-state index contributed by atoms with van der Waals surface area (Å²) < 4.78 is 5.52. The number of amides is 1. The molecule has 0 bridgehead atoms. The number of benzene rings is 3. The number of fused-ring (bicyclic) bond motifs is 3. The minimum absolute atomic E-state index is 0.0421. The average molecular weight is 480 g/mol. The number of nitrogens with zero attached hydrogens (tertiary/aromatic N) is 2. The molecule has 1 aliphatic carbocycles. The van der Waals surface area contributed by atoms with Gasteiger partial charge < -0.3 is 15.2 Å². The molecule has 1 aliphatic rings. The Kier molecular flexibility index (Phi) is 6.45. The maximum absolute atomic E-state index is 12.6. The van der Waals surface area contributed by atoms with Crippen molar-refractivity contribution in [3.05, 3.63) is 107 Å². The summed E-state index contributed by atoms with van der Waals surface area (Å²) in [7, 11) is 0. The van der Waals surface area contributed by atoms with Crippen LogP contribution >= 0.6 is 0 Å². The highest BCUT2D eigenvalue weighted by molar-refractivity contribution is 5.81. The fourth-order valence-electron chi connectivity index (χ4n) is 4.62. The molecule has 1 atom stereocenters. The summed E-state index contributed by atoms with van der Waals surface area (Å²) in [5.41, 5.74) is 6.60. The molecule has 36 heavy (non-hydrogen) atoms. The predicted octanol–water partition coefficient (Wildman–Crippen LogP) is 4.99. The number of hydrogen-bond donors (Lipinski definition) is 2. The summed E-state index contributed by atoms with van der Waals surface area (Å²) >= 11 is 0. The molecule has 1 aromatic heterocycles. The first-order valence-corrected chi connectivity index (χ1v) is 11.7. The van der Waals surface area contributed by atoms with Crippen LogP contribution in [0.2, 0.25) is 0 Å². The maximum Gasteiger partial charge on any atom is 0.407 e. The number of carboxylic acid groups (broad SMARTS) is 1. The Morgan fingerprint density at radius 2 is 1.56 bits per heavy atom. The summed E-state index contributed by atoms with van der Waals surface area (Å²) in [6, 6.07) is 24.4. The zero-order valence-electron chi connectivity index (χ0n) is 19.7. The van der Waals surface area contributed by atoms with Crippen molar-refractivity contribution in [2.45, 2.75) is 25.3 Å². The van der Waals surface area contributed by atoms with E-state index in [4.69, 9.17) is 4.74 Å².